The Balaban J connectivity index is 1.17. The van der Waals surface area contributed by atoms with E-state index < -0.39 is 0 Å². The minimum absolute atomic E-state index is 0.691. The highest BCUT2D eigenvalue weighted by Crippen LogP contribution is 2.38. The molecule has 0 aliphatic rings. The van der Waals surface area contributed by atoms with E-state index in [2.05, 4.69) is 176 Å². The third-order valence-corrected chi connectivity index (χ3v) is 10.1. The Hall–Kier alpha value is -7.10. The quantitative estimate of drug-likeness (QED) is 0.176. The molecule has 53 heavy (non-hydrogen) atoms. The number of para-hydroxylation sites is 1. The van der Waals surface area contributed by atoms with E-state index in [0.29, 0.717) is 5.82 Å². The van der Waals surface area contributed by atoms with Crippen LogP contribution in [0.5, 0.6) is 0 Å². The molecule has 10 aromatic rings. The van der Waals surface area contributed by atoms with Gasteiger partial charge in [-0.25, -0.2) is 9.97 Å². The van der Waals surface area contributed by atoms with Crippen molar-refractivity contribution in [3.05, 3.63) is 194 Å². The van der Waals surface area contributed by atoms with Crippen molar-refractivity contribution in [2.75, 3.05) is 0 Å². The van der Waals surface area contributed by atoms with E-state index in [4.69, 9.17) is 14.4 Å². The zero-order chi connectivity index (χ0) is 35.1. The molecule has 0 N–H and O–H groups in total. The number of fused-ring (bicyclic) bond motifs is 4. The largest absolute Gasteiger partial charge is 0.456 e. The van der Waals surface area contributed by atoms with Crippen LogP contribution < -0.4 is 0 Å². The molecule has 248 valence electrons. The van der Waals surface area contributed by atoms with Crippen molar-refractivity contribution in [1.29, 1.82) is 0 Å². The van der Waals surface area contributed by atoms with Crippen LogP contribution >= 0.6 is 0 Å². The van der Waals surface area contributed by atoms with E-state index in [1.807, 2.05) is 18.2 Å². The number of aromatic nitrogens is 2. The summed E-state index contributed by atoms with van der Waals surface area (Å²) >= 11 is 0. The summed E-state index contributed by atoms with van der Waals surface area (Å²) in [6.07, 6.45) is 0. The van der Waals surface area contributed by atoms with Crippen LogP contribution in [-0.4, -0.2) is 9.97 Å². The second-order valence-electron chi connectivity index (χ2n) is 13.4. The van der Waals surface area contributed by atoms with Crippen LogP contribution in [0.2, 0.25) is 0 Å². The number of rotatable bonds is 6. The Kier molecular flexibility index (Phi) is 7.47. The van der Waals surface area contributed by atoms with Gasteiger partial charge in [0.25, 0.3) is 0 Å². The molecule has 3 nitrogen and oxygen atoms in total. The Morgan fingerprint density at radius 1 is 0.302 bits per heavy atom. The molecule has 0 spiro atoms. The Bertz CT molecular complexity index is 2920. The van der Waals surface area contributed by atoms with Gasteiger partial charge in [0.2, 0.25) is 0 Å². The fourth-order valence-electron chi connectivity index (χ4n) is 7.39. The molecule has 3 heteroatoms. The lowest BCUT2D eigenvalue weighted by Crippen LogP contribution is -1.97. The second kappa shape index (κ2) is 12.9. The first-order chi connectivity index (χ1) is 26.2. The zero-order valence-electron chi connectivity index (χ0n) is 28.8. The number of furan rings is 1. The van der Waals surface area contributed by atoms with E-state index in [1.165, 1.54) is 11.1 Å². The van der Waals surface area contributed by atoms with Gasteiger partial charge in [0.15, 0.2) is 5.82 Å². The lowest BCUT2D eigenvalue weighted by molar-refractivity contribution is 0.669. The summed E-state index contributed by atoms with van der Waals surface area (Å²) in [5.74, 6) is 0.691. The van der Waals surface area contributed by atoms with Gasteiger partial charge < -0.3 is 4.42 Å². The Morgan fingerprint density at radius 2 is 0.830 bits per heavy atom. The molecule has 0 aliphatic carbocycles. The van der Waals surface area contributed by atoms with E-state index in [1.54, 1.807) is 0 Å². The van der Waals surface area contributed by atoms with Crippen molar-refractivity contribution in [2.24, 2.45) is 0 Å². The smallest absolute Gasteiger partial charge is 0.161 e. The number of nitrogens with zero attached hydrogens (tertiary/aromatic N) is 2. The molecule has 0 saturated carbocycles. The topological polar surface area (TPSA) is 38.9 Å². The highest BCUT2D eigenvalue weighted by Gasteiger charge is 2.16. The van der Waals surface area contributed by atoms with Crippen LogP contribution in [0.4, 0.5) is 0 Å². The van der Waals surface area contributed by atoms with Gasteiger partial charge in [0, 0.05) is 27.5 Å². The van der Waals surface area contributed by atoms with Gasteiger partial charge in [0.1, 0.15) is 11.2 Å². The van der Waals surface area contributed by atoms with Crippen LogP contribution in [0, 0.1) is 0 Å². The summed E-state index contributed by atoms with van der Waals surface area (Å²) in [4.78, 5) is 10.6. The normalized spacial score (nSPS) is 11.4. The van der Waals surface area contributed by atoms with Crippen LogP contribution in [0.1, 0.15) is 0 Å². The summed E-state index contributed by atoms with van der Waals surface area (Å²) in [7, 11) is 0. The molecule has 8 aromatic carbocycles. The standard InChI is InChI=1S/C50H32N2O/c1-3-12-33(13-4-1)35-22-24-37(25-23-35)46-32-47(52-50(51-46)45-20-11-17-36-16-7-8-18-42(36)45)41-29-39(34-14-5-2-6-15-34)28-40(30-41)38-26-27-44-43-19-9-10-21-48(43)53-49(44)31-38/h1-32H. The highest BCUT2D eigenvalue weighted by molar-refractivity contribution is 6.06. The summed E-state index contributed by atoms with van der Waals surface area (Å²) in [6, 6.07) is 68.1. The maximum atomic E-state index is 6.32. The molecule has 10 rings (SSSR count). The minimum atomic E-state index is 0.691. The fourth-order valence-corrected chi connectivity index (χ4v) is 7.39. The molecular formula is C50H32N2O. The molecule has 2 aromatic heterocycles. The fraction of sp³-hybridized carbons (Fsp3) is 0. The van der Waals surface area contributed by atoms with Crippen molar-refractivity contribution >= 4 is 32.7 Å². The maximum Gasteiger partial charge on any atom is 0.161 e. The van der Waals surface area contributed by atoms with E-state index in [9.17, 15) is 0 Å². The van der Waals surface area contributed by atoms with Crippen molar-refractivity contribution in [1.82, 2.24) is 9.97 Å². The molecule has 0 saturated heterocycles. The third kappa shape index (κ3) is 5.75. The van der Waals surface area contributed by atoms with Crippen molar-refractivity contribution in [3.63, 3.8) is 0 Å². The molecule has 0 amide bonds. The van der Waals surface area contributed by atoms with Crippen molar-refractivity contribution in [3.8, 4) is 67.3 Å². The minimum Gasteiger partial charge on any atom is -0.456 e. The summed E-state index contributed by atoms with van der Waals surface area (Å²) in [5, 5.41) is 4.51. The van der Waals surface area contributed by atoms with Gasteiger partial charge in [-0.1, -0.05) is 152 Å². The van der Waals surface area contributed by atoms with Gasteiger partial charge in [-0.2, -0.15) is 0 Å². The first kappa shape index (κ1) is 30.7. The molecule has 2 heterocycles. The van der Waals surface area contributed by atoms with Gasteiger partial charge in [0.05, 0.1) is 11.4 Å². The molecule has 0 fully saturated rings. The first-order valence-corrected chi connectivity index (χ1v) is 17.9. The van der Waals surface area contributed by atoms with Gasteiger partial charge in [-0.15, -0.1) is 0 Å². The van der Waals surface area contributed by atoms with E-state index >= 15 is 0 Å². The highest BCUT2D eigenvalue weighted by atomic mass is 16.3. The second-order valence-corrected chi connectivity index (χ2v) is 13.4. The average molecular weight is 677 g/mol. The van der Waals surface area contributed by atoms with Crippen molar-refractivity contribution in [2.45, 2.75) is 0 Å². The number of hydrogen-bond donors (Lipinski definition) is 0. The summed E-state index contributed by atoms with van der Waals surface area (Å²) < 4.78 is 6.32. The Morgan fingerprint density at radius 3 is 1.60 bits per heavy atom. The van der Waals surface area contributed by atoms with Gasteiger partial charge in [-0.05, 0) is 86.6 Å². The SMILES string of the molecule is c1ccc(-c2ccc(-c3cc(-c4cc(-c5ccccc5)cc(-c5ccc6c(c5)oc5ccccc56)c4)nc(-c4cccc5ccccc45)n3)cc2)cc1. The maximum absolute atomic E-state index is 6.32. The van der Waals surface area contributed by atoms with Crippen LogP contribution in [0.25, 0.3) is 100.0 Å². The van der Waals surface area contributed by atoms with E-state index in [-0.39, 0.29) is 0 Å². The summed E-state index contributed by atoms with van der Waals surface area (Å²) in [6.45, 7) is 0. The van der Waals surface area contributed by atoms with Gasteiger partial charge in [-0.3, -0.25) is 0 Å². The third-order valence-electron chi connectivity index (χ3n) is 10.1. The molecule has 0 aliphatic heterocycles. The monoisotopic (exact) mass is 676 g/mol. The number of benzene rings is 8. The molecule has 0 unspecified atom stereocenters. The molecule has 0 radical (unpaired) electrons. The van der Waals surface area contributed by atoms with E-state index in [0.717, 1.165) is 83.0 Å². The zero-order valence-corrected chi connectivity index (χ0v) is 28.8. The van der Waals surface area contributed by atoms with Crippen LogP contribution in [-0.2, 0) is 0 Å². The first-order valence-electron chi connectivity index (χ1n) is 17.9. The average Bonchev–Trinajstić information content (AvgIpc) is 3.62. The summed E-state index contributed by atoms with van der Waals surface area (Å²) in [5.41, 5.74) is 13.3. The molecule has 0 bridgehead atoms. The van der Waals surface area contributed by atoms with Crippen LogP contribution in [0.3, 0.4) is 0 Å². The molecular weight excluding hydrogens is 645 g/mol. The van der Waals surface area contributed by atoms with Crippen LogP contribution in [0.15, 0.2) is 199 Å². The lowest BCUT2D eigenvalue weighted by atomic mass is 9.94. The Labute approximate surface area is 307 Å². The predicted octanol–water partition coefficient (Wildman–Crippen LogP) is 13.5. The number of hydrogen-bond acceptors (Lipinski definition) is 3. The van der Waals surface area contributed by atoms with Gasteiger partial charge >= 0.3 is 0 Å². The van der Waals surface area contributed by atoms with Crippen molar-refractivity contribution < 1.29 is 4.42 Å². The predicted molar refractivity (Wildman–Crippen MR) is 219 cm³/mol. The molecule has 0 atom stereocenters. The lowest BCUT2D eigenvalue weighted by Gasteiger charge is -2.14.